The van der Waals surface area contributed by atoms with Gasteiger partial charge >= 0.3 is 0 Å². The number of benzene rings is 1. The first-order valence-electron chi connectivity index (χ1n) is 6.71. The van der Waals surface area contributed by atoms with E-state index in [1.165, 1.54) is 0 Å². The Morgan fingerprint density at radius 3 is 3.00 bits per heavy atom. The molecule has 2 unspecified atom stereocenters. The van der Waals surface area contributed by atoms with Gasteiger partial charge in [-0.3, -0.25) is 0 Å². The molecule has 1 saturated carbocycles. The van der Waals surface area contributed by atoms with Crippen LogP contribution >= 0.6 is 15.9 Å². The van der Waals surface area contributed by atoms with Crippen molar-refractivity contribution < 1.29 is 14.6 Å². The maximum absolute atomic E-state index is 9.77. The van der Waals surface area contributed by atoms with E-state index in [1.807, 2.05) is 12.1 Å². The van der Waals surface area contributed by atoms with Gasteiger partial charge in [0.15, 0.2) is 11.5 Å². The zero-order valence-electron chi connectivity index (χ0n) is 10.7. The van der Waals surface area contributed by atoms with Crippen LogP contribution in [0.2, 0.25) is 0 Å². The average molecular weight is 328 g/mol. The second-order valence-electron chi connectivity index (χ2n) is 5.20. The molecule has 1 heterocycles. The molecule has 3 rings (SSSR count). The number of halogens is 1. The lowest BCUT2D eigenvalue weighted by Gasteiger charge is -2.15. The Balaban J connectivity index is 1.57. The number of ether oxygens (including phenoxy) is 2. The Morgan fingerprint density at radius 2 is 2.21 bits per heavy atom. The fourth-order valence-corrected chi connectivity index (χ4v) is 3.38. The molecule has 1 fully saturated rings. The summed E-state index contributed by atoms with van der Waals surface area (Å²) in [6.45, 7) is 1.94. The lowest BCUT2D eigenvalue weighted by molar-refractivity contribution is 0.131. The van der Waals surface area contributed by atoms with Gasteiger partial charge in [0, 0.05) is 13.1 Å². The molecule has 19 heavy (non-hydrogen) atoms. The van der Waals surface area contributed by atoms with Crippen LogP contribution in [0, 0.1) is 5.92 Å². The number of aliphatic hydroxyl groups is 1. The van der Waals surface area contributed by atoms with Crippen LogP contribution in [0.5, 0.6) is 11.5 Å². The molecule has 0 radical (unpaired) electrons. The van der Waals surface area contributed by atoms with Gasteiger partial charge in [-0.15, -0.1) is 0 Å². The highest BCUT2D eigenvalue weighted by Crippen LogP contribution is 2.39. The van der Waals surface area contributed by atoms with Crippen molar-refractivity contribution in [2.24, 2.45) is 5.92 Å². The van der Waals surface area contributed by atoms with Crippen molar-refractivity contribution in [3.05, 3.63) is 22.2 Å². The molecule has 4 nitrogen and oxygen atoms in total. The third kappa shape index (κ3) is 2.88. The Morgan fingerprint density at radius 1 is 1.32 bits per heavy atom. The molecule has 1 aromatic rings. The summed E-state index contributed by atoms with van der Waals surface area (Å²) in [5, 5.41) is 13.2. The largest absolute Gasteiger partial charge is 0.454 e. The highest BCUT2D eigenvalue weighted by atomic mass is 79.9. The van der Waals surface area contributed by atoms with Crippen LogP contribution < -0.4 is 14.8 Å². The van der Waals surface area contributed by atoms with Gasteiger partial charge in [-0.05, 0) is 52.4 Å². The number of nitrogens with one attached hydrogen (secondary N) is 1. The molecule has 2 atom stereocenters. The van der Waals surface area contributed by atoms with E-state index < -0.39 is 0 Å². The van der Waals surface area contributed by atoms with Crippen LogP contribution in [0.1, 0.15) is 24.8 Å². The molecule has 104 valence electrons. The molecule has 1 aliphatic heterocycles. The molecule has 1 aliphatic carbocycles. The molecule has 1 aromatic carbocycles. The van der Waals surface area contributed by atoms with Gasteiger partial charge in [-0.2, -0.15) is 0 Å². The number of rotatable bonds is 4. The van der Waals surface area contributed by atoms with Crippen molar-refractivity contribution in [2.75, 3.05) is 13.3 Å². The number of aliphatic hydroxyl groups excluding tert-OH is 1. The van der Waals surface area contributed by atoms with Gasteiger partial charge in [0.1, 0.15) is 0 Å². The van der Waals surface area contributed by atoms with E-state index in [9.17, 15) is 5.11 Å². The summed E-state index contributed by atoms with van der Waals surface area (Å²) in [5.74, 6) is 1.99. The Labute approximate surface area is 121 Å². The summed E-state index contributed by atoms with van der Waals surface area (Å²) in [4.78, 5) is 0. The van der Waals surface area contributed by atoms with Crippen LogP contribution in [-0.2, 0) is 6.54 Å². The van der Waals surface area contributed by atoms with Gasteiger partial charge in [0.05, 0.1) is 10.6 Å². The number of hydrogen-bond donors (Lipinski definition) is 2. The number of fused-ring (bicyclic) bond motifs is 1. The van der Waals surface area contributed by atoms with Crippen molar-refractivity contribution >= 4 is 15.9 Å². The molecule has 0 spiro atoms. The van der Waals surface area contributed by atoms with Crippen molar-refractivity contribution in [3.8, 4) is 11.5 Å². The van der Waals surface area contributed by atoms with E-state index in [1.54, 1.807) is 0 Å². The second kappa shape index (κ2) is 5.69. The summed E-state index contributed by atoms with van der Waals surface area (Å²) in [6.07, 6.45) is 3.08. The summed E-state index contributed by atoms with van der Waals surface area (Å²) >= 11 is 3.49. The van der Waals surface area contributed by atoms with E-state index >= 15 is 0 Å². The van der Waals surface area contributed by atoms with Crippen molar-refractivity contribution in [2.45, 2.75) is 31.9 Å². The topological polar surface area (TPSA) is 50.7 Å². The SMILES string of the molecule is OC1CCCC1CNCc1cc(Br)c2c(c1)OCO2. The number of hydrogen-bond acceptors (Lipinski definition) is 4. The Hall–Kier alpha value is -0.780. The molecule has 0 bridgehead atoms. The van der Waals surface area contributed by atoms with Crippen LogP contribution in [-0.4, -0.2) is 24.5 Å². The van der Waals surface area contributed by atoms with Crippen LogP contribution in [0.4, 0.5) is 0 Å². The molecule has 0 saturated heterocycles. The molecular weight excluding hydrogens is 310 g/mol. The molecule has 2 N–H and O–H groups in total. The van der Waals surface area contributed by atoms with Gasteiger partial charge < -0.3 is 19.9 Å². The van der Waals surface area contributed by atoms with Crippen LogP contribution in [0.3, 0.4) is 0 Å². The second-order valence-corrected chi connectivity index (χ2v) is 6.05. The predicted molar refractivity (Wildman–Crippen MR) is 75.3 cm³/mol. The van der Waals surface area contributed by atoms with Crippen molar-refractivity contribution in [1.29, 1.82) is 0 Å². The molecule has 2 aliphatic rings. The van der Waals surface area contributed by atoms with Crippen molar-refractivity contribution in [1.82, 2.24) is 5.32 Å². The van der Waals surface area contributed by atoms with E-state index in [-0.39, 0.29) is 6.10 Å². The summed E-state index contributed by atoms with van der Waals surface area (Å²) in [5.41, 5.74) is 1.16. The van der Waals surface area contributed by atoms with Gasteiger partial charge in [0.25, 0.3) is 0 Å². The van der Waals surface area contributed by atoms with E-state index in [0.29, 0.717) is 12.7 Å². The van der Waals surface area contributed by atoms with Gasteiger partial charge in [-0.25, -0.2) is 0 Å². The normalized spacial score (nSPS) is 24.9. The fraction of sp³-hybridized carbons (Fsp3) is 0.571. The minimum absolute atomic E-state index is 0.129. The maximum atomic E-state index is 9.77. The van der Waals surface area contributed by atoms with Gasteiger partial charge in [-0.1, -0.05) is 6.42 Å². The monoisotopic (exact) mass is 327 g/mol. The molecular formula is C14H18BrNO3. The molecule has 0 aromatic heterocycles. The maximum Gasteiger partial charge on any atom is 0.231 e. The van der Waals surface area contributed by atoms with Crippen LogP contribution in [0.15, 0.2) is 16.6 Å². The lowest BCUT2D eigenvalue weighted by atomic mass is 10.1. The van der Waals surface area contributed by atoms with Crippen molar-refractivity contribution in [3.63, 3.8) is 0 Å². The highest BCUT2D eigenvalue weighted by Gasteiger charge is 2.24. The minimum atomic E-state index is -0.129. The summed E-state index contributed by atoms with van der Waals surface area (Å²) in [7, 11) is 0. The zero-order chi connectivity index (χ0) is 13.2. The van der Waals surface area contributed by atoms with E-state index in [4.69, 9.17) is 9.47 Å². The third-order valence-corrected chi connectivity index (χ3v) is 4.43. The van der Waals surface area contributed by atoms with Gasteiger partial charge in [0.2, 0.25) is 6.79 Å². The standard InChI is InChI=1S/C14H18BrNO3/c15-11-4-9(5-13-14(11)19-8-18-13)6-16-7-10-2-1-3-12(10)17/h4-5,10,12,16-17H,1-3,6-8H2. The minimum Gasteiger partial charge on any atom is -0.454 e. The highest BCUT2D eigenvalue weighted by molar-refractivity contribution is 9.10. The Kier molecular flexibility index (Phi) is 3.96. The molecule has 0 amide bonds. The smallest absolute Gasteiger partial charge is 0.231 e. The molecule has 5 heteroatoms. The Bertz CT molecular complexity index is 466. The first-order chi connectivity index (χ1) is 9.24. The first kappa shape index (κ1) is 13.2. The summed E-state index contributed by atoms with van der Waals surface area (Å²) < 4.78 is 11.7. The first-order valence-corrected chi connectivity index (χ1v) is 7.50. The zero-order valence-corrected chi connectivity index (χ0v) is 12.3. The quantitative estimate of drug-likeness (QED) is 0.891. The average Bonchev–Trinajstić information content (AvgIpc) is 2.99. The van der Waals surface area contributed by atoms with E-state index in [2.05, 4.69) is 21.2 Å². The van der Waals surface area contributed by atoms with Crippen LogP contribution in [0.25, 0.3) is 0 Å². The summed E-state index contributed by atoms with van der Waals surface area (Å²) in [6, 6.07) is 4.05. The lowest BCUT2D eigenvalue weighted by Crippen LogP contribution is -2.27. The predicted octanol–water partition coefficient (Wildman–Crippen LogP) is 2.43. The third-order valence-electron chi connectivity index (χ3n) is 3.84. The fourth-order valence-electron chi connectivity index (χ4n) is 2.78. The van der Waals surface area contributed by atoms with E-state index in [0.717, 1.165) is 53.9 Å².